The molecule has 102 valence electrons. The van der Waals surface area contributed by atoms with Gasteiger partial charge in [-0.3, -0.25) is 0 Å². The minimum absolute atomic E-state index is 0.157. The number of ether oxygens (including phenoxy) is 1. The van der Waals surface area contributed by atoms with Crippen molar-refractivity contribution in [3.05, 3.63) is 28.7 Å². The number of nitrogens with zero attached hydrogens (tertiary/aromatic N) is 1. The van der Waals surface area contributed by atoms with Crippen LogP contribution in [0.2, 0.25) is 0 Å². The third-order valence-corrected chi connectivity index (χ3v) is 3.28. The summed E-state index contributed by atoms with van der Waals surface area (Å²) in [6.45, 7) is 7.62. The molecule has 0 saturated carbocycles. The van der Waals surface area contributed by atoms with Crippen LogP contribution in [0.3, 0.4) is 0 Å². The molecule has 1 rings (SSSR count). The van der Waals surface area contributed by atoms with Crippen LogP contribution in [0.1, 0.15) is 13.8 Å². The molecule has 0 aliphatic rings. The second-order valence-electron chi connectivity index (χ2n) is 5.41. The molecular weight excluding hydrogens is 292 g/mol. The minimum Gasteiger partial charge on any atom is -0.492 e. The average Bonchev–Trinajstić information content (AvgIpc) is 2.28. The zero-order valence-electron chi connectivity index (χ0n) is 11.4. The van der Waals surface area contributed by atoms with Crippen LogP contribution < -0.4 is 10.5 Å². The molecule has 0 atom stereocenters. The SMILES string of the molecule is CN(CCOc1cccc(Br)c1)CC(C)(C)CN. The summed E-state index contributed by atoms with van der Waals surface area (Å²) in [5.41, 5.74) is 5.89. The Hall–Kier alpha value is -0.580. The number of hydrogen-bond acceptors (Lipinski definition) is 3. The Morgan fingerprint density at radius 3 is 2.72 bits per heavy atom. The van der Waals surface area contributed by atoms with Gasteiger partial charge in [0.2, 0.25) is 0 Å². The maximum atomic E-state index is 5.73. The van der Waals surface area contributed by atoms with Crippen molar-refractivity contribution in [2.45, 2.75) is 13.8 Å². The molecule has 3 nitrogen and oxygen atoms in total. The molecule has 0 fully saturated rings. The van der Waals surface area contributed by atoms with E-state index in [2.05, 4.69) is 41.7 Å². The maximum absolute atomic E-state index is 5.73. The number of benzene rings is 1. The highest BCUT2D eigenvalue weighted by Gasteiger charge is 2.17. The molecule has 0 aromatic heterocycles. The zero-order valence-corrected chi connectivity index (χ0v) is 13.0. The van der Waals surface area contributed by atoms with E-state index >= 15 is 0 Å². The molecular formula is C14H23BrN2O. The fourth-order valence-corrected chi connectivity index (χ4v) is 2.13. The van der Waals surface area contributed by atoms with Crippen molar-refractivity contribution in [2.75, 3.05) is 33.3 Å². The van der Waals surface area contributed by atoms with Gasteiger partial charge in [-0.2, -0.15) is 0 Å². The Bertz CT molecular complexity index is 369. The summed E-state index contributed by atoms with van der Waals surface area (Å²) >= 11 is 3.43. The number of hydrogen-bond donors (Lipinski definition) is 1. The van der Waals surface area contributed by atoms with Gasteiger partial charge in [0.05, 0.1) is 0 Å². The lowest BCUT2D eigenvalue weighted by molar-refractivity contribution is 0.181. The molecule has 4 heteroatoms. The van der Waals surface area contributed by atoms with Gasteiger partial charge in [0.1, 0.15) is 12.4 Å². The second kappa shape index (κ2) is 7.12. The Morgan fingerprint density at radius 1 is 1.39 bits per heavy atom. The first kappa shape index (κ1) is 15.5. The Kier molecular flexibility index (Phi) is 6.12. The predicted molar refractivity (Wildman–Crippen MR) is 80.0 cm³/mol. The normalized spacial score (nSPS) is 11.9. The number of halogens is 1. The highest BCUT2D eigenvalue weighted by Crippen LogP contribution is 2.18. The predicted octanol–water partition coefficient (Wildman–Crippen LogP) is 2.74. The topological polar surface area (TPSA) is 38.5 Å². The summed E-state index contributed by atoms with van der Waals surface area (Å²) in [6.07, 6.45) is 0. The van der Waals surface area contributed by atoms with Crippen LogP contribution in [0.4, 0.5) is 0 Å². The monoisotopic (exact) mass is 314 g/mol. The molecule has 0 radical (unpaired) electrons. The first-order chi connectivity index (χ1) is 8.43. The Labute approximate surface area is 118 Å². The molecule has 18 heavy (non-hydrogen) atoms. The van der Waals surface area contributed by atoms with Crippen molar-refractivity contribution >= 4 is 15.9 Å². The average molecular weight is 315 g/mol. The van der Waals surface area contributed by atoms with Crippen LogP contribution in [0.5, 0.6) is 5.75 Å². The molecule has 0 aliphatic carbocycles. The van der Waals surface area contributed by atoms with Gasteiger partial charge in [0, 0.05) is 17.6 Å². The van der Waals surface area contributed by atoms with E-state index in [1.165, 1.54) is 0 Å². The van der Waals surface area contributed by atoms with Crippen LogP contribution in [-0.2, 0) is 0 Å². The first-order valence-electron chi connectivity index (χ1n) is 6.20. The van der Waals surface area contributed by atoms with Crippen LogP contribution in [-0.4, -0.2) is 38.2 Å². The van der Waals surface area contributed by atoms with Crippen LogP contribution in [0.15, 0.2) is 28.7 Å². The highest BCUT2D eigenvalue weighted by molar-refractivity contribution is 9.10. The lowest BCUT2D eigenvalue weighted by Crippen LogP contribution is -2.38. The minimum atomic E-state index is 0.157. The summed E-state index contributed by atoms with van der Waals surface area (Å²) in [7, 11) is 2.10. The van der Waals surface area contributed by atoms with Crippen LogP contribution >= 0.6 is 15.9 Å². The van der Waals surface area contributed by atoms with E-state index in [9.17, 15) is 0 Å². The van der Waals surface area contributed by atoms with Gasteiger partial charge < -0.3 is 15.4 Å². The van der Waals surface area contributed by atoms with Gasteiger partial charge in [-0.15, -0.1) is 0 Å². The summed E-state index contributed by atoms with van der Waals surface area (Å²) in [4.78, 5) is 2.25. The lowest BCUT2D eigenvalue weighted by Gasteiger charge is -2.28. The molecule has 0 heterocycles. The van der Waals surface area contributed by atoms with Gasteiger partial charge >= 0.3 is 0 Å². The number of nitrogens with two attached hydrogens (primary N) is 1. The van der Waals surface area contributed by atoms with Crippen molar-refractivity contribution in [3.63, 3.8) is 0 Å². The molecule has 0 saturated heterocycles. The maximum Gasteiger partial charge on any atom is 0.120 e. The van der Waals surface area contributed by atoms with Crippen molar-refractivity contribution in [3.8, 4) is 5.75 Å². The van der Waals surface area contributed by atoms with Crippen molar-refractivity contribution < 1.29 is 4.74 Å². The molecule has 0 unspecified atom stereocenters. The molecule has 0 aliphatic heterocycles. The van der Waals surface area contributed by atoms with Gasteiger partial charge in [0.25, 0.3) is 0 Å². The molecule has 1 aromatic rings. The van der Waals surface area contributed by atoms with Gasteiger partial charge in [-0.05, 0) is 37.2 Å². The smallest absolute Gasteiger partial charge is 0.120 e. The fraction of sp³-hybridized carbons (Fsp3) is 0.571. The van der Waals surface area contributed by atoms with E-state index < -0.39 is 0 Å². The molecule has 0 amide bonds. The summed E-state index contributed by atoms with van der Waals surface area (Å²) < 4.78 is 6.74. The fourth-order valence-electron chi connectivity index (χ4n) is 1.75. The Morgan fingerprint density at radius 2 is 2.11 bits per heavy atom. The van der Waals surface area contributed by atoms with Crippen LogP contribution in [0.25, 0.3) is 0 Å². The largest absolute Gasteiger partial charge is 0.492 e. The van der Waals surface area contributed by atoms with Crippen molar-refractivity contribution in [1.82, 2.24) is 4.90 Å². The van der Waals surface area contributed by atoms with Crippen LogP contribution in [0, 0.1) is 5.41 Å². The second-order valence-corrected chi connectivity index (χ2v) is 6.33. The molecule has 0 bridgehead atoms. The molecule has 2 N–H and O–H groups in total. The quantitative estimate of drug-likeness (QED) is 0.841. The van der Waals surface area contributed by atoms with E-state index in [4.69, 9.17) is 10.5 Å². The number of rotatable bonds is 7. The van der Waals surface area contributed by atoms with Gasteiger partial charge in [-0.25, -0.2) is 0 Å². The molecule has 1 aromatic carbocycles. The summed E-state index contributed by atoms with van der Waals surface area (Å²) in [5.74, 6) is 0.899. The third-order valence-electron chi connectivity index (χ3n) is 2.79. The highest BCUT2D eigenvalue weighted by atomic mass is 79.9. The van der Waals surface area contributed by atoms with Gasteiger partial charge in [0.15, 0.2) is 0 Å². The van der Waals surface area contributed by atoms with Gasteiger partial charge in [-0.1, -0.05) is 35.8 Å². The van der Waals surface area contributed by atoms with E-state index in [1.54, 1.807) is 0 Å². The van der Waals surface area contributed by atoms with Crippen molar-refractivity contribution in [1.29, 1.82) is 0 Å². The van der Waals surface area contributed by atoms with E-state index in [0.29, 0.717) is 13.2 Å². The van der Waals surface area contributed by atoms with Crippen molar-refractivity contribution in [2.24, 2.45) is 11.1 Å². The number of likely N-dealkylation sites (N-methyl/N-ethyl adjacent to an activating group) is 1. The summed E-state index contributed by atoms with van der Waals surface area (Å²) in [6, 6.07) is 7.90. The standard InChI is InChI=1S/C14H23BrN2O/c1-14(2,10-16)11-17(3)7-8-18-13-6-4-5-12(15)9-13/h4-6,9H,7-8,10-11,16H2,1-3H3. The molecule has 0 spiro atoms. The third kappa shape index (κ3) is 5.85. The van der Waals surface area contributed by atoms with E-state index in [1.807, 2.05) is 24.3 Å². The lowest BCUT2D eigenvalue weighted by atomic mass is 9.93. The summed E-state index contributed by atoms with van der Waals surface area (Å²) in [5, 5.41) is 0. The van der Waals surface area contributed by atoms with E-state index in [0.717, 1.165) is 23.3 Å². The Balaban J connectivity index is 2.29. The first-order valence-corrected chi connectivity index (χ1v) is 6.99. The zero-order chi connectivity index (χ0) is 13.6. The van der Waals surface area contributed by atoms with E-state index in [-0.39, 0.29) is 5.41 Å².